The Labute approximate surface area is 187 Å². The van der Waals surface area contributed by atoms with E-state index in [1.807, 2.05) is 0 Å². The highest BCUT2D eigenvalue weighted by atomic mass is 32.1. The average molecular weight is 443 g/mol. The smallest absolute Gasteiger partial charge is 0.182 e. The Morgan fingerprint density at radius 1 is 0.700 bits per heavy atom. The zero-order valence-corrected chi connectivity index (χ0v) is 19.9. The number of aromatic nitrogens is 2. The average Bonchev–Trinajstić information content (AvgIpc) is 3.31. The van der Waals surface area contributed by atoms with E-state index in [-0.39, 0.29) is 0 Å². The van der Waals surface area contributed by atoms with Crippen LogP contribution in [0.3, 0.4) is 0 Å². The topological polar surface area (TPSA) is 57.6 Å². The molecule has 0 aliphatic heterocycles. The Bertz CT molecular complexity index is 958. The van der Waals surface area contributed by atoms with Gasteiger partial charge in [0.1, 0.15) is 0 Å². The highest BCUT2D eigenvalue weighted by Crippen LogP contribution is 2.28. The predicted molar refractivity (Wildman–Crippen MR) is 129 cm³/mol. The molecule has 0 aliphatic carbocycles. The molecule has 0 amide bonds. The number of rotatable bonds is 12. The summed E-state index contributed by atoms with van der Waals surface area (Å²) in [4.78, 5) is 1.25. The monoisotopic (exact) mass is 442 g/mol. The van der Waals surface area contributed by atoms with E-state index in [0.717, 1.165) is 48.4 Å². The van der Waals surface area contributed by atoms with Crippen molar-refractivity contribution in [3.05, 3.63) is 44.6 Å². The molecule has 2 aromatic heterocycles. The quantitative estimate of drug-likeness (QED) is 0.288. The molecule has 2 N–H and O–H groups in total. The molecule has 1 aromatic carbocycles. The number of hydrogen-bond donors (Lipinski definition) is 2. The summed E-state index contributed by atoms with van der Waals surface area (Å²) in [5.41, 5.74) is 4.60. The van der Waals surface area contributed by atoms with Crippen LogP contribution < -0.4 is 9.60 Å². The van der Waals surface area contributed by atoms with Crippen molar-refractivity contribution in [2.24, 2.45) is 0 Å². The van der Waals surface area contributed by atoms with Crippen LogP contribution in [-0.4, -0.2) is 9.13 Å². The van der Waals surface area contributed by atoms with Gasteiger partial charge in [0.25, 0.3) is 0 Å². The van der Waals surface area contributed by atoms with Gasteiger partial charge >= 0.3 is 0 Å². The molecular formula is C24H34N4S2. The van der Waals surface area contributed by atoms with Crippen LogP contribution >= 0.6 is 22.7 Å². The summed E-state index contributed by atoms with van der Waals surface area (Å²) in [5.74, 6) is 0. The Balaban J connectivity index is 1.85. The van der Waals surface area contributed by atoms with E-state index in [9.17, 15) is 0 Å². The van der Waals surface area contributed by atoms with Crippen molar-refractivity contribution in [2.75, 3.05) is 0 Å². The summed E-state index contributed by atoms with van der Waals surface area (Å²) in [6, 6.07) is 8.63. The number of unbranched alkanes of at least 4 members (excludes halogenated alkanes) is 6. The number of nitrogens with one attached hydrogen (secondary N) is 2. The van der Waals surface area contributed by atoms with Crippen molar-refractivity contribution in [1.82, 2.24) is 9.13 Å². The molecule has 3 rings (SSSR count). The maximum absolute atomic E-state index is 8.34. The van der Waals surface area contributed by atoms with Gasteiger partial charge in [0.05, 0.1) is 11.4 Å². The van der Waals surface area contributed by atoms with Gasteiger partial charge in [-0.25, -0.2) is 0 Å². The molecule has 6 heteroatoms. The summed E-state index contributed by atoms with van der Waals surface area (Å²) in [7, 11) is 0. The van der Waals surface area contributed by atoms with E-state index >= 15 is 0 Å². The van der Waals surface area contributed by atoms with Crippen molar-refractivity contribution < 1.29 is 0 Å². The summed E-state index contributed by atoms with van der Waals surface area (Å²) in [5, 5.41) is 20.9. The molecular weight excluding hydrogens is 408 g/mol. The predicted octanol–water partition coefficient (Wildman–Crippen LogP) is 6.87. The summed E-state index contributed by atoms with van der Waals surface area (Å²) >= 11 is 3.02. The minimum absolute atomic E-state index is 0.627. The fraction of sp³-hybridized carbons (Fsp3) is 0.500. The van der Waals surface area contributed by atoms with Gasteiger partial charge in [-0.2, -0.15) is 0 Å². The van der Waals surface area contributed by atoms with Gasteiger partial charge in [0, 0.05) is 23.8 Å². The normalized spacial score (nSPS) is 11.3. The first kappa shape index (κ1) is 22.8. The lowest BCUT2D eigenvalue weighted by molar-refractivity contribution is 0.574. The minimum Gasteiger partial charge on any atom is -0.317 e. The molecule has 0 saturated heterocycles. The molecule has 0 radical (unpaired) electrons. The van der Waals surface area contributed by atoms with E-state index < -0.39 is 0 Å². The van der Waals surface area contributed by atoms with Crippen molar-refractivity contribution in [3.63, 3.8) is 0 Å². The zero-order valence-electron chi connectivity index (χ0n) is 18.2. The number of nitrogens with zero attached hydrogens (tertiary/aromatic N) is 2. The van der Waals surface area contributed by atoms with Crippen molar-refractivity contribution in [2.45, 2.75) is 78.3 Å². The number of hydrogen-bond acceptors (Lipinski definition) is 4. The van der Waals surface area contributed by atoms with Gasteiger partial charge in [-0.05, 0) is 30.0 Å². The fourth-order valence-corrected chi connectivity index (χ4v) is 5.43. The SMILES string of the molecule is CCCCCCn1c(-c2cccc(-c3csc(=N)n3CCCCCC)c2)csc1=N. The van der Waals surface area contributed by atoms with Crippen LogP contribution in [0, 0.1) is 10.8 Å². The van der Waals surface area contributed by atoms with Crippen LogP contribution in [0.4, 0.5) is 0 Å². The summed E-state index contributed by atoms with van der Waals surface area (Å²) in [6.07, 6.45) is 9.66. The van der Waals surface area contributed by atoms with Crippen LogP contribution in [0.25, 0.3) is 22.5 Å². The van der Waals surface area contributed by atoms with E-state index in [1.54, 1.807) is 0 Å². The second-order valence-corrected chi connectivity index (χ2v) is 9.57. The first-order chi connectivity index (χ1) is 14.7. The van der Waals surface area contributed by atoms with Gasteiger partial charge in [-0.3, -0.25) is 10.8 Å². The maximum atomic E-state index is 8.34. The van der Waals surface area contributed by atoms with Gasteiger partial charge in [-0.1, -0.05) is 70.6 Å². The van der Waals surface area contributed by atoms with Gasteiger partial charge in [-0.15, -0.1) is 22.7 Å². The van der Waals surface area contributed by atoms with Crippen molar-refractivity contribution in [1.29, 1.82) is 10.8 Å². The first-order valence-electron chi connectivity index (χ1n) is 11.2. The molecule has 4 nitrogen and oxygen atoms in total. The molecule has 0 spiro atoms. The Morgan fingerprint density at radius 3 is 1.60 bits per heavy atom. The second kappa shape index (κ2) is 11.5. The maximum Gasteiger partial charge on any atom is 0.182 e. The molecule has 0 saturated carbocycles. The summed E-state index contributed by atoms with van der Waals surface area (Å²) < 4.78 is 4.31. The van der Waals surface area contributed by atoms with Gasteiger partial charge in [0.2, 0.25) is 0 Å². The highest BCUT2D eigenvalue weighted by Gasteiger charge is 2.11. The molecule has 30 heavy (non-hydrogen) atoms. The Morgan fingerprint density at radius 2 is 1.17 bits per heavy atom. The highest BCUT2D eigenvalue weighted by molar-refractivity contribution is 7.07. The molecule has 0 aliphatic rings. The molecule has 2 heterocycles. The molecule has 0 bridgehead atoms. The zero-order chi connectivity index (χ0) is 21.3. The lowest BCUT2D eigenvalue weighted by atomic mass is 10.1. The second-order valence-electron chi connectivity index (χ2n) is 7.86. The lowest BCUT2D eigenvalue weighted by Gasteiger charge is -2.12. The van der Waals surface area contributed by atoms with Crippen molar-refractivity contribution >= 4 is 22.7 Å². The van der Waals surface area contributed by atoms with Crippen LogP contribution in [0.15, 0.2) is 35.0 Å². The van der Waals surface area contributed by atoms with Crippen LogP contribution in [0.2, 0.25) is 0 Å². The largest absolute Gasteiger partial charge is 0.317 e. The van der Waals surface area contributed by atoms with Crippen LogP contribution in [0.5, 0.6) is 0 Å². The Kier molecular flexibility index (Phi) is 8.70. The van der Waals surface area contributed by atoms with E-state index in [1.165, 1.54) is 61.2 Å². The molecule has 0 atom stereocenters. The first-order valence-corrected chi connectivity index (χ1v) is 13.0. The van der Waals surface area contributed by atoms with E-state index in [2.05, 4.69) is 58.0 Å². The molecule has 0 fully saturated rings. The third kappa shape index (κ3) is 5.61. The van der Waals surface area contributed by atoms with Crippen molar-refractivity contribution in [3.8, 4) is 22.5 Å². The van der Waals surface area contributed by atoms with Gasteiger partial charge in [0.15, 0.2) is 9.60 Å². The Hall–Kier alpha value is -1.92. The third-order valence-electron chi connectivity index (χ3n) is 5.56. The molecule has 3 aromatic rings. The van der Waals surface area contributed by atoms with Crippen LogP contribution in [-0.2, 0) is 13.1 Å². The third-order valence-corrected chi connectivity index (χ3v) is 7.13. The molecule has 162 valence electrons. The summed E-state index contributed by atoms with van der Waals surface area (Å²) in [6.45, 7) is 6.28. The van der Waals surface area contributed by atoms with E-state index in [4.69, 9.17) is 10.8 Å². The standard InChI is InChI=1S/C24H34N4S2/c1-3-5-7-9-14-27-21(17-29-23(27)25)19-12-11-13-20(16-19)22-18-30-24(26)28(22)15-10-8-6-4-2/h11-13,16-18,25-26H,3-10,14-15H2,1-2H3. The van der Waals surface area contributed by atoms with E-state index in [0.29, 0.717) is 9.60 Å². The van der Waals surface area contributed by atoms with Crippen LogP contribution in [0.1, 0.15) is 65.2 Å². The number of thiazole rings is 2. The number of benzene rings is 1. The fourth-order valence-electron chi connectivity index (χ4n) is 3.82. The van der Waals surface area contributed by atoms with Gasteiger partial charge < -0.3 is 9.13 Å². The lowest BCUT2D eigenvalue weighted by Crippen LogP contribution is -2.15. The molecule has 0 unspecified atom stereocenters. The minimum atomic E-state index is 0.627.